The number of hydrogen-bond acceptors (Lipinski definition) is 5. The molecule has 0 atom stereocenters. The molecule has 1 aromatic carbocycles. The minimum atomic E-state index is 0.142. The van der Waals surface area contributed by atoms with Gasteiger partial charge in [0, 0.05) is 41.6 Å². The number of benzene rings is 1. The Morgan fingerprint density at radius 1 is 1.35 bits per heavy atom. The first-order valence-electron chi connectivity index (χ1n) is 6.41. The zero-order chi connectivity index (χ0) is 13.9. The van der Waals surface area contributed by atoms with Gasteiger partial charge in [-0.05, 0) is 6.07 Å². The van der Waals surface area contributed by atoms with Gasteiger partial charge in [0.05, 0.1) is 12.3 Å². The van der Waals surface area contributed by atoms with E-state index in [9.17, 15) is 0 Å². The molecule has 0 aliphatic carbocycles. The highest BCUT2D eigenvalue weighted by Gasteiger charge is 2.10. The summed E-state index contributed by atoms with van der Waals surface area (Å²) < 4.78 is 2.07. The fourth-order valence-electron chi connectivity index (χ4n) is 2.11. The Morgan fingerprint density at radius 2 is 2.20 bits per heavy atom. The summed E-state index contributed by atoms with van der Waals surface area (Å²) in [7, 11) is 0. The van der Waals surface area contributed by atoms with E-state index in [1.165, 1.54) is 0 Å². The summed E-state index contributed by atoms with van der Waals surface area (Å²) >= 11 is 1.60. The highest BCUT2D eigenvalue weighted by atomic mass is 32.1. The summed E-state index contributed by atoms with van der Waals surface area (Å²) in [5.74, 6) is 0. The molecule has 0 fully saturated rings. The van der Waals surface area contributed by atoms with Crippen LogP contribution < -0.4 is 11.1 Å². The second-order valence-corrected chi connectivity index (χ2v) is 5.33. The van der Waals surface area contributed by atoms with Crippen molar-refractivity contribution in [1.82, 2.24) is 14.7 Å². The minimum absolute atomic E-state index is 0.142. The van der Waals surface area contributed by atoms with Gasteiger partial charge in [-0.15, -0.1) is 11.3 Å². The van der Waals surface area contributed by atoms with Crippen LogP contribution >= 0.6 is 11.3 Å². The Balaban J connectivity index is 1.93. The molecule has 0 aliphatic rings. The molecule has 0 amide bonds. The van der Waals surface area contributed by atoms with E-state index < -0.39 is 0 Å². The predicted octanol–water partition coefficient (Wildman–Crippen LogP) is 1.73. The average molecular weight is 288 g/mol. The average Bonchev–Trinajstić information content (AvgIpc) is 3.01. The number of anilines is 1. The van der Waals surface area contributed by atoms with Crippen molar-refractivity contribution in [2.45, 2.75) is 6.54 Å². The quantitative estimate of drug-likeness (QED) is 0.493. The zero-order valence-corrected chi connectivity index (χ0v) is 11.7. The van der Waals surface area contributed by atoms with Crippen molar-refractivity contribution in [2.75, 3.05) is 18.9 Å². The molecule has 0 saturated carbocycles. The number of para-hydroxylation sites is 1. The van der Waals surface area contributed by atoms with E-state index in [1.54, 1.807) is 11.3 Å². The number of nitrogens with one attached hydrogen (secondary N) is 1. The molecule has 0 spiro atoms. The van der Waals surface area contributed by atoms with Crippen molar-refractivity contribution >= 4 is 22.0 Å². The number of nitrogen functional groups attached to an aromatic ring is 1. The standard InChI is InChI=1S/C14H16N4OS/c15-12-4-2-1-3-11(12)13-8-18-10(7-16-5-6-19)9-20-14(18)17-13/h1-4,8-9,16,19H,5-7,15H2. The van der Waals surface area contributed by atoms with E-state index in [1.807, 2.05) is 30.5 Å². The summed E-state index contributed by atoms with van der Waals surface area (Å²) in [4.78, 5) is 5.57. The Labute approximate surface area is 120 Å². The largest absolute Gasteiger partial charge is 0.398 e. The van der Waals surface area contributed by atoms with Gasteiger partial charge < -0.3 is 16.2 Å². The smallest absolute Gasteiger partial charge is 0.194 e. The number of fused-ring (bicyclic) bond motifs is 1. The molecule has 104 valence electrons. The number of hydrogen-bond donors (Lipinski definition) is 3. The second kappa shape index (κ2) is 5.62. The summed E-state index contributed by atoms with van der Waals surface area (Å²) in [6, 6.07) is 7.74. The van der Waals surface area contributed by atoms with Crippen LogP contribution in [0.1, 0.15) is 5.69 Å². The molecule has 6 heteroatoms. The van der Waals surface area contributed by atoms with Gasteiger partial charge in [-0.1, -0.05) is 18.2 Å². The topological polar surface area (TPSA) is 75.6 Å². The van der Waals surface area contributed by atoms with Crippen LogP contribution in [0.25, 0.3) is 16.2 Å². The number of thiazole rings is 1. The van der Waals surface area contributed by atoms with Gasteiger partial charge in [0.2, 0.25) is 0 Å². The summed E-state index contributed by atoms with van der Waals surface area (Å²) in [5, 5.41) is 14.0. The molecule has 2 aromatic heterocycles. The number of aliphatic hydroxyl groups is 1. The first kappa shape index (κ1) is 13.1. The van der Waals surface area contributed by atoms with Crippen LogP contribution in [0.3, 0.4) is 0 Å². The molecule has 0 bridgehead atoms. The molecule has 3 aromatic rings. The van der Waals surface area contributed by atoms with Crippen molar-refractivity contribution in [2.24, 2.45) is 0 Å². The normalized spacial score (nSPS) is 11.2. The number of rotatable bonds is 5. The highest BCUT2D eigenvalue weighted by molar-refractivity contribution is 7.15. The van der Waals surface area contributed by atoms with Crippen LogP contribution in [0.15, 0.2) is 35.8 Å². The van der Waals surface area contributed by atoms with Crippen molar-refractivity contribution in [3.05, 3.63) is 41.5 Å². The zero-order valence-electron chi connectivity index (χ0n) is 10.9. The fourth-order valence-corrected chi connectivity index (χ4v) is 2.98. The van der Waals surface area contributed by atoms with Crippen molar-refractivity contribution in [3.63, 3.8) is 0 Å². The Morgan fingerprint density at radius 3 is 3.00 bits per heavy atom. The molecule has 0 saturated heterocycles. The maximum absolute atomic E-state index is 8.80. The minimum Gasteiger partial charge on any atom is -0.398 e. The second-order valence-electron chi connectivity index (χ2n) is 4.49. The lowest BCUT2D eigenvalue weighted by Gasteiger charge is -2.02. The van der Waals surface area contributed by atoms with E-state index in [2.05, 4.69) is 20.1 Å². The van der Waals surface area contributed by atoms with Crippen LogP contribution in [-0.4, -0.2) is 27.6 Å². The van der Waals surface area contributed by atoms with E-state index in [0.717, 1.165) is 27.6 Å². The van der Waals surface area contributed by atoms with Gasteiger partial charge in [-0.25, -0.2) is 4.98 Å². The van der Waals surface area contributed by atoms with Crippen molar-refractivity contribution in [1.29, 1.82) is 0 Å². The highest BCUT2D eigenvalue weighted by Crippen LogP contribution is 2.27. The van der Waals surface area contributed by atoms with Crippen LogP contribution in [0, 0.1) is 0 Å². The molecule has 0 unspecified atom stereocenters. The predicted molar refractivity (Wildman–Crippen MR) is 81.7 cm³/mol. The van der Waals surface area contributed by atoms with Gasteiger partial charge in [-0.3, -0.25) is 4.40 Å². The molecule has 20 heavy (non-hydrogen) atoms. The molecule has 0 aliphatic heterocycles. The number of nitrogens with two attached hydrogens (primary N) is 1. The summed E-state index contributed by atoms with van der Waals surface area (Å²) in [5.41, 5.74) is 9.70. The molecule has 2 heterocycles. The Bertz CT molecular complexity index is 719. The van der Waals surface area contributed by atoms with Crippen molar-refractivity contribution < 1.29 is 5.11 Å². The number of nitrogens with zero attached hydrogens (tertiary/aromatic N) is 2. The van der Waals surface area contributed by atoms with Crippen LogP contribution in [-0.2, 0) is 6.54 Å². The summed E-state index contributed by atoms with van der Waals surface area (Å²) in [6.45, 7) is 1.44. The third-order valence-electron chi connectivity index (χ3n) is 3.11. The van der Waals surface area contributed by atoms with Gasteiger partial charge in [0.15, 0.2) is 4.96 Å². The molecular formula is C14H16N4OS. The molecule has 0 radical (unpaired) electrons. The first-order valence-corrected chi connectivity index (χ1v) is 7.29. The van der Waals surface area contributed by atoms with E-state index in [-0.39, 0.29) is 6.61 Å². The van der Waals surface area contributed by atoms with Gasteiger partial charge in [-0.2, -0.15) is 0 Å². The van der Waals surface area contributed by atoms with E-state index >= 15 is 0 Å². The lowest BCUT2D eigenvalue weighted by Crippen LogP contribution is -2.18. The molecule has 5 nitrogen and oxygen atoms in total. The molecule has 4 N–H and O–H groups in total. The lowest BCUT2D eigenvalue weighted by molar-refractivity contribution is 0.291. The fraction of sp³-hybridized carbons (Fsp3) is 0.214. The van der Waals surface area contributed by atoms with Crippen LogP contribution in [0.5, 0.6) is 0 Å². The summed E-state index contributed by atoms with van der Waals surface area (Å²) in [6.07, 6.45) is 2.01. The van der Waals surface area contributed by atoms with Crippen LogP contribution in [0.4, 0.5) is 5.69 Å². The van der Waals surface area contributed by atoms with E-state index in [0.29, 0.717) is 13.1 Å². The monoisotopic (exact) mass is 288 g/mol. The van der Waals surface area contributed by atoms with Crippen LogP contribution in [0.2, 0.25) is 0 Å². The SMILES string of the molecule is Nc1ccccc1-c1cn2c(CNCCO)csc2n1. The third kappa shape index (κ3) is 2.40. The van der Waals surface area contributed by atoms with E-state index in [4.69, 9.17) is 10.8 Å². The molecule has 3 rings (SSSR count). The first-order chi connectivity index (χ1) is 9.79. The van der Waals surface area contributed by atoms with Gasteiger partial charge in [0.1, 0.15) is 0 Å². The maximum Gasteiger partial charge on any atom is 0.194 e. The number of imidazole rings is 1. The van der Waals surface area contributed by atoms with Gasteiger partial charge >= 0.3 is 0 Å². The van der Waals surface area contributed by atoms with Gasteiger partial charge in [0.25, 0.3) is 0 Å². The molecular weight excluding hydrogens is 272 g/mol. The Kier molecular flexibility index (Phi) is 3.68. The maximum atomic E-state index is 8.80. The number of aromatic nitrogens is 2. The third-order valence-corrected chi connectivity index (χ3v) is 4.00. The van der Waals surface area contributed by atoms with Crippen molar-refractivity contribution in [3.8, 4) is 11.3 Å². The Hall–Kier alpha value is -1.89. The number of aliphatic hydroxyl groups excluding tert-OH is 1. The lowest BCUT2D eigenvalue weighted by atomic mass is 10.1.